The predicted octanol–water partition coefficient (Wildman–Crippen LogP) is 1.99. The van der Waals surface area contributed by atoms with Gasteiger partial charge in [0, 0.05) is 19.2 Å². The summed E-state index contributed by atoms with van der Waals surface area (Å²) in [5, 5.41) is 4.31. The summed E-state index contributed by atoms with van der Waals surface area (Å²) in [6.07, 6.45) is 0. The molecule has 1 aromatic heterocycles. The first-order valence-corrected chi connectivity index (χ1v) is 5.12. The molecule has 0 aliphatic rings. The van der Waals surface area contributed by atoms with Gasteiger partial charge >= 0.3 is 0 Å². The molecule has 0 amide bonds. The highest BCUT2D eigenvalue weighted by atomic mass is 19.1. The third kappa shape index (κ3) is 1.61. The Morgan fingerprint density at radius 3 is 2.62 bits per heavy atom. The number of hydrogen-bond acceptors (Lipinski definition) is 2. The maximum Gasteiger partial charge on any atom is 0.132 e. The van der Waals surface area contributed by atoms with Gasteiger partial charge in [0.05, 0.1) is 11.4 Å². The van der Waals surface area contributed by atoms with Crippen LogP contribution in [0.25, 0.3) is 11.3 Å². The van der Waals surface area contributed by atoms with Gasteiger partial charge in [-0.25, -0.2) is 4.39 Å². The normalized spacial score (nSPS) is 10.8. The van der Waals surface area contributed by atoms with Gasteiger partial charge < -0.3 is 5.73 Å². The summed E-state index contributed by atoms with van der Waals surface area (Å²) in [6.45, 7) is 2.32. The maximum absolute atomic E-state index is 13.6. The summed E-state index contributed by atoms with van der Waals surface area (Å²) in [5.74, 6) is -0.257. The average molecular weight is 219 g/mol. The molecule has 4 heteroatoms. The zero-order chi connectivity index (χ0) is 11.7. The van der Waals surface area contributed by atoms with Crippen molar-refractivity contribution in [2.24, 2.45) is 12.8 Å². The zero-order valence-electron chi connectivity index (χ0n) is 9.37. The van der Waals surface area contributed by atoms with Crippen LogP contribution in [0.3, 0.4) is 0 Å². The topological polar surface area (TPSA) is 43.8 Å². The number of halogens is 1. The van der Waals surface area contributed by atoms with Crippen molar-refractivity contribution in [2.45, 2.75) is 13.5 Å². The molecule has 1 aromatic carbocycles. The highest BCUT2D eigenvalue weighted by molar-refractivity contribution is 5.64. The molecule has 0 saturated carbocycles. The quantitative estimate of drug-likeness (QED) is 0.839. The second kappa shape index (κ2) is 4.06. The predicted molar refractivity (Wildman–Crippen MR) is 61.2 cm³/mol. The van der Waals surface area contributed by atoms with Crippen LogP contribution in [0.4, 0.5) is 4.39 Å². The fourth-order valence-corrected chi connectivity index (χ4v) is 1.86. The fraction of sp³-hybridized carbons (Fsp3) is 0.250. The molecule has 0 aliphatic heterocycles. The summed E-state index contributed by atoms with van der Waals surface area (Å²) in [6, 6.07) is 6.63. The Morgan fingerprint density at radius 2 is 2.06 bits per heavy atom. The molecule has 0 aliphatic carbocycles. The first kappa shape index (κ1) is 10.8. The van der Waals surface area contributed by atoms with Crippen LogP contribution in [0.15, 0.2) is 24.3 Å². The first-order chi connectivity index (χ1) is 7.65. The Morgan fingerprint density at radius 1 is 1.38 bits per heavy atom. The van der Waals surface area contributed by atoms with Crippen molar-refractivity contribution < 1.29 is 4.39 Å². The van der Waals surface area contributed by atoms with Gasteiger partial charge in [-0.05, 0) is 24.6 Å². The minimum Gasteiger partial charge on any atom is -0.325 e. The average Bonchev–Trinajstić information content (AvgIpc) is 2.55. The van der Waals surface area contributed by atoms with E-state index in [9.17, 15) is 4.39 Å². The van der Waals surface area contributed by atoms with Crippen molar-refractivity contribution in [3.05, 3.63) is 41.3 Å². The Balaban J connectivity index is 2.62. The molecule has 1 heterocycles. The van der Waals surface area contributed by atoms with Gasteiger partial charge in [0.1, 0.15) is 5.82 Å². The molecule has 0 unspecified atom stereocenters. The van der Waals surface area contributed by atoms with Gasteiger partial charge in [0.15, 0.2) is 0 Å². The van der Waals surface area contributed by atoms with Crippen LogP contribution < -0.4 is 5.73 Å². The molecule has 2 aromatic rings. The Hall–Kier alpha value is -1.68. The third-order valence-electron chi connectivity index (χ3n) is 2.75. The molecule has 84 valence electrons. The van der Waals surface area contributed by atoms with Crippen molar-refractivity contribution in [1.82, 2.24) is 9.78 Å². The maximum atomic E-state index is 13.6. The lowest BCUT2D eigenvalue weighted by atomic mass is 10.1. The van der Waals surface area contributed by atoms with Crippen LogP contribution in [0, 0.1) is 12.7 Å². The zero-order valence-corrected chi connectivity index (χ0v) is 9.37. The van der Waals surface area contributed by atoms with Gasteiger partial charge in [0.25, 0.3) is 0 Å². The summed E-state index contributed by atoms with van der Waals surface area (Å²) in [7, 11) is 1.82. The number of nitrogens with two attached hydrogens (primary N) is 1. The Kier molecular flexibility index (Phi) is 2.75. The van der Waals surface area contributed by atoms with Crippen molar-refractivity contribution in [3.8, 4) is 11.3 Å². The Labute approximate surface area is 93.7 Å². The molecular formula is C12H14FN3. The van der Waals surface area contributed by atoms with Gasteiger partial charge in [0.2, 0.25) is 0 Å². The van der Waals surface area contributed by atoms with E-state index >= 15 is 0 Å². The van der Waals surface area contributed by atoms with E-state index < -0.39 is 0 Å². The van der Waals surface area contributed by atoms with Gasteiger partial charge in [-0.1, -0.05) is 12.1 Å². The summed E-state index contributed by atoms with van der Waals surface area (Å²) in [5.41, 5.74) is 8.69. The summed E-state index contributed by atoms with van der Waals surface area (Å²) < 4.78 is 15.3. The number of benzene rings is 1. The van der Waals surface area contributed by atoms with E-state index in [0.29, 0.717) is 17.8 Å². The molecule has 0 spiro atoms. The number of hydrogen-bond donors (Lipinski definition) is 1. The van der Waals surface area contributed by atoms with Crippen LogP contribution in [-0.2, 0) is 13.6 Å². The van der Waals surface area contributed by atoms with Gasteiger partial charge in [-0.15, -0.1) is 0 Å². The van der Waals surface area contributed by atoms with E-state index in [1.807, 2.05) is 14.0 Å². The molecule has 0 saturated heterocycles. The van der Waals surface area contributed by atoms with Crippen molar-refractivity contribution >= 4 is 0 Å². The summed E-state index contributed by atoms with van der Waals surface area (Å²) in [4.78, 5) is 0. The highest BCUT2D eigenvalue weighted by Gasteiger charge is 2.15. The lowest BCUT2D eigenvalue weighted by Gasteiger charge is -2.00. The lowest BCUT2D eigenvalue weighted by molar-refractivity contribution is 0.629. The van der Waals surface area contributed by atoms with E-state index in [-0.39, 0.29) is 5.82 Å². The molecule has 0 radical (unpaired) electrons. The standard InChI is InChI=1S/C12H14FN3/c1-8-11(7-14)16(2)15-12(8)9-5-3-4-6-10(9)13/h3-6H,7,14H2,1-2H3. The van der Waals surface area contributed by atoms with E-state index in [2.05, 4.69) is 5.10 Å². The van der Waals surface area contributed by atoms with Crippen molar-refractivity contribution in [2.75, 3.05) is 0 Å². The second-order valence-electron chi connectivity index (χ2n) is 3.73. The molecule has 0 atom stereocenters. The highest BCUT2D eigenvalue weighted by Crippen LogP contribution is 2.26. The minimum atomic E-state index is -0.257. The van der Waals surface area contributed by atoms with Gasteiger partial charge in [-0.3, -0.25) is 4.68 Å². The monoisotopic (exact) mass is 219 g/mol. The minimum absolute atomic E-state index is 0.257. The van der Waals surface area contributed by atoms with Gasteiger partial charge in [-0.2, -0.15) is 5.10 Å². The molecular weight excluding hydrogens is 205 g/mol. The second-order valence-corrected chi connectivity index (χ2v) is 3.73. The molecule has 3 nitrogen and oxygen atoms in total. The smallest absolute Gasteiger partial charge is 0.132 e. The third-order valence-corrected chi connectivity index (χ3v) is 2.75. The molecule has 0 bridgehead atoms. The van der Waals surface area contributed by atoms with Crippen LogP contribution in [0.2, 0.25) is 0 Å². The summed E-state index contributed by atoms with van der Waals surface area (Å²) >= 11 is 0. The molecule has 16 heavy (non-hydrogen) atoms. The molecule has 2 rings (SSSR count). The van der Waals surface area contributed by atoms with E-state index in [0.717, 1.165) is 11.3 Å². The van der Waals surface area contributed by atoms with Crippen molar-refractivity contribution in [3.63, 3.8) is 0 Å². The number of nitrogens with zero attached hydrogens (tertiary/aromatic N) is 2. The lowest BCUT2D eigenvalue weighted by Crippen LogP contribution is -2.05. The fourth-order valence-electron chi connectivity index (χ4n) is 1.86. The Bertz CT molecular complexity index is 517. The van der Waals surface area contributed by atoms with Crippen LogP contribution in [-0.4, -0.2) is 9.78 Å². The number of aryl methyl sites for hydroxylation is 1. The van der Waals surface area contributed by atoms with E-state index in [1.165, 1.54) is 6.07 Å². The number of aromatic nitrogens is 2. The van der Waals surface area contributed by atoms with Crippen LogP contribution in [0.1, 0.15) is 11.3 Å². The largest absolute Gasteiger partial charge is 0.325 e. The SMILES string of the molecule is Cc1c(-c2ccccc2F)nn(C)c1CN. The van der Waals surface area contributed by atoms with E-state index in [4.69, 9.17) is 5.73 Å². The van der Waals surface area contributed by atoms with Crippen LogP contribution >= 0.6 is 0 Å². The van der Waals surface area contributed by atoms with E-state index in [1.54, 1.807) is 22.9 Å². The molecule has 0 fully saturated rings. The van der Waals surface area contributed by atoms with Crippen LogP contribution in [0.5, 0.6) is 0 Å². The first-order valence-electron chi connectivity index (χ1n) is 5.12. The van der Waals surface area contributed by atoms with Crippen molar-refractivity contribution in [1.29, 1.82) is 0 Å². The molecule has 2 N–H and O–H groups in total. The number of rotatable bonds is 2.